The van der Waals surface area contributed by atoms with E-state index >= 15 is 0 Å². The molecule has 1 atom stereocenters. The Balaban J connectivity index is 2.17. The summed E-state index contributed by atoms with van der Waals surface area (Å²) in [6.07, 6.45) is 0.274. The number of amides is 3. The molecule has 2 aromatic carbocycles. The largest absolute Gasteiger partial charge is 0.368 e. The van der Waals surface area contributed by atoms with Gasteiger partial charge in [-0.2, -0.15) is 0 Å². The monoisotopic (exact) mass is 403 g/mol. The Kier molecular flexibility index (Phi) is 6.30. The van der Waals surface area contributed by atoms with Crippen LogP contribution in [-0.2, 0) is 16.0 Å². The molecular formula is C18H18BrN3O3. The average molecular weight is 404 g/mol. The maximum absolute atomic E-state index is 12.5. The summed E-state index contributed by atoms with van der Waals surface area (Å²) in [5, 5.41) is 5.22. The van der Waals surface area contributed by atoms with Gasteiger partial charge >= 0.3 is 0 Å². The first-order valence-corrected chi connectivity index (χ1v) is 8.37. The summed E-state index contributed by atoms with van der Waals surface area (Å²) < 4.78 is 0.917. The number of carbonyl (C=O) groups is 3. The van der Waals surface area contributed by atoms with Crippen molar-refractivity contribution in [3.05, 3.63) is 64.1 Å². The second kappa shape index (κ2) is 8.43. The first kappa shape index (κ1) is 18.7. The number of rotatable bonds is 6. The molecule has 2 aromatic rings. The molecule has 0 saturated heterocycles. The van der Waals surface area contributed by atoms with Gasteiger partial charge in [0.1, 0.15) is 6.04 Å². The minimum atomic E-state index is -0.862. The molecule has 0 fully saturated rings. The van der Waals surface area contributed by atoms with Gasteiger partial charge in [0.05, 0.1) is 11.3 Å². The first-order valence-electron chi connectivity index (χ1n) is 7.58. The zero-order valence-electron chi connectivity index (χ0n) is 13.6. The Morgan fingerprint density at radius 3 is 2.32 bits per heavy atom. The van der Waals surface area contributed by atoms with Crippen LogP contribution in [0.3, 0.4) is 0 Å². The molecule has 0 bridgehead atoms. The van der Waals surface area contributed by atoms with Crippen molar-refractivity contribution in [1.82, 2.24) is 5.32 Å². The lowest BCUT2D eigenvalue weighted by atomic mass is 10.0. The van der Waals surface area contributed by atoms with E-state index in [4.69, 9.17) is 5.73 Å². The van der Waals surface area contributed by atoms with E-state index in [2.05, 4.69) is 26.6 Å². The third kappa shape index (κ3) is 5.42. The number of halogens is 1. The lowest BCUT2D eigenvalue weighted by molar-refractivity contribution is -0.119. The number of nitrogens with two attached hydrogens (primary N) is 1. The van der Waals surface area contributed by atoms with Gasteiger partial charge in [0.2, 0.25) is 11.8 Å². The SMILES string of the molecule is CC(=O)Nc1ccccc1C(=O)N[C@@H](Cc1ccc(Br)cc1)C(N)=O. The first-order chi connectivity index (χ1) is 11.9. The summed E-state index contributed by atoms with van der Waals surface area (Å²) in [5.74, 6) is -1.40. The number of hydrogen-bond donors (Lipinski definition) is 3. The van der Waals surface area contributed by atoms with E-state index in [0.717, 1.165) is 10.0 Å². The summed E-state index contributed by atoms with van der Waals surface area (Å²) in [5.41, 5.74) is 6.93. The fourth-order valence-electron chi connectivity index (χ4n) is 2.29. The molecule has 0 aliphatic heterocycles. The number of hydrogen-bond acceptors (Lipinski definition) is 3. The van der Waals surface area contributed by atoms with E-state index in [1.165, 1.54) is 6.92 Å². The van der Waals surface area contributed by atoms with Crippen LogP contribution in [0, 0.1) is 0 Å². The van der Waals surface area contributed by atoms with Gasteiger partial charge in [0, 0.05) is 17.8 Å². The molecule has 25 heavy (non-hydrogen) atoms. The highest BCUT2D eigenvalue weighted by Gasteiger charge is 2.21. The predicted octanol–water partition coefficient (Wildman–Crippen LogP) is 2.23. The molecular weight excluding hydrogens is 386 g/mol. The van der Waals surface area contributed by atoms with Crippen LogP contribution in [0.4, 0.5) is 5.69 Å². The van der Waals surface area contributed by atoms with Crippen LogP contribution >= 0.6 is 15.9 Å². The Morgan fingerprint density at radius 2 is 1.72 bits per heavy atom. The maximum Gasteiger partial charge on any atom is 0.254 e. The van der Waals surface area contributed by atoms with E-state index in [-0.39, 0.29) is 17.9 Å². The smallest absolute Gasteiger partial charge is 0.254 e. The van der Waals surface area contributed by atoms with Gasteiger partial charge in [-0.1, -0.05) is 40.2 Å². The maximum atomic E-state index is 12.5. The minimum absolute atomic E-state index is 0.264. The molecule has 0 radical (unpaired) electrons. The van der Waals surface area contributed by atoms with Gasteiger partial charge in [-0.05, 0) is 29.8 Å². The van der Waals surface area contributed by atoms with E-state index in [9.17, 15) is 14.4 Å². The van der Waals surface area contributed by atoms with Gasteiger partial charge in [-0.3, -0.25) is 14.4 Å². The van der Waals surface area contributed by atoms with E-state index in [1.807, 2.05) is 24.3 Å². The number of carbonyl (C=O) groups excluding carboxylic acids is 3. The van der Waals surface area contributed by atoms with Crippen LogP contribution in [-0.4, -0.2) is 23.8 Å². The number of benzene rings is 2. The Labute approximate surface area is 153 Å². The molecule has 130 valence electrons. The van der Waals surface area contributed by atoms with Gasteiger partial charge in [-0.25, -0.2) is 0 Å². The van der Waals surface area contributed by atoms with Crippen molar-refractivity contribution in [3.63, 3.8) is 0 Å². The Bertz CT molecular complexity index is 790. The zero-order valence-corrected chi connectivity index (χ0v) is 15.2. The fraction of sp³-hybridized carbons (Fsp3) is 0.167. The highest BCUT2D eigenvalue weighted by molar-refractivity contribution is 9.10. The fourth-order valence-corrected chi connectivity index (χ4v) is 2.56. The Morgan fingerprint density at radius 1 is 1.08 bits per heavy atom. The van der Waals surface area contributed by atoms with Gasteiger partial charge in [0.25, 0.3) is 5.91 Å². The Hall–Kier alpha value is -2.67. The van der Waals surface area contributed by atoms with Crippen molar-refractivity contribution in [2.45, 2.75) is 19.4 Å². The van der Waals surface area contributed by atoms with Crippen molar-refractivity contribution in [3.8, 4) is 0 Å². The number of nitrogens with one attached hydrogen (secondary N) is 2. The zero-order chi connectivity index (χ0) is 18.4. The molecule has 0 aliphatic rings. The lowest BCUT2D eigenvalue weighted by Crippen LogP contribution is -2.46. The molecule has 0 aromatic heterocycles. The summed E-state index contributed by atoms with van der Waals surface area (Å²) in [6, 6.07) is 13.1. The minimum Gasteiger partial charge on any atom is -0.368 e. The van der Waals surface area contributed by atoms with Crippen molar-refractivity contribution in [2.75, 3.05) is 5.32 Å². The second-order valence-electron chi connectivity index (χ2n) is 5.49. The normalized spacial score (nSPS) is 11.4. The van der Waals surface area contributed by atoms with Crippen LogP contribution < -0.4 is 16.4 Å². The summed E-state index contributed by atoms with van der Waals surface area (Å²) in [7, 11) is 0. The number of para-hydroxylation sites is 1. The predicted molar refractivity (Wildman–Crippen MR) is 99.0 cm³/mol. The van der Waals surface area contributed by atoms with Gasteiger partial charge in [0.15, 0.2) is 0 Å². The lowest BCUT2D eigenvalue weighted by Gasteiger charge is -2.17. The molecule has 4 N–H and O–H groups in total. The third-order valence-electron chi connectivity index (χ3n) is 3.48. The molecule has 0 saturated carbocycles. The standard InChI is InChI=1S/C18H18BrN3O3/c1-11(23)21-15-5-3-2-4-14(15)18(25)22-16(17(20)24)10-12-6-8-13(19)9-7-12/h2-9,16H,10H2,1H3,(H2,20,24)(H,21,23)(H,22,25)/t16-/m0/s1. The summed E-state index contributed by atoms with van der Waals surface area (Å²) >= 11 is 3.34. The third-order valence-corrected chi connectivity index (χ3v) is 4.01. The number of anilines is 1. The average Bonchev–Trinajstić information content (AvgIpc) is 2.56. The highest BCUT2D eigenvalue weighted by Crippen LogP contribution is 2.16. The number of primary amides is 1. The molecule has 7 heteroatoms. The molecule has 0 heterocycles. The summed E-state index contributed by atoms with van der Waals surface area (Å²) in [6.45, 7) is 1.36. The molecule has 6 nitrogen and oxygen atoms in total. The van der Waals surface area contributed by atoms with E-state index < -0.39 is 17.9 Å². The quantitative estimate of drug-likeness (QED) is 0.688. The molecule has 3 amide bonds. The molecule has 2 rings (SSSR count). The van der Waals surface area contributed by atoms with E-state index in [0.29, 0.717) is 5.69 Å². The van der Waals surface area contributed by atoms with Crippen LogP contribution in [0.25, 0.3) is 0 Å². The second-order valence-corrected chi connectivity index (χ2v) is 6.40. The highest BCUT2D eigenvalue weighted by atomic mass is 79.9. The molecule has 0 spiro atoms. The van der Waals surface area contributed by atoms with Crippen LogP contribution in [0.1, 0.15) is 22.8 Å². The van der Waals surface area contributed by atoms with Crippen molar-refractivity contribution >= 4 is 39.3 Å². The molecule has 0 aliphatic carbocycles. The summed E-state index contributed by atoms with van der Waals surface area (Å²) in [4.78, 5) is 35.5. The van der Waals surface area contributed by atoms with Crippen molar-refractivity contribution < 1.29 is 14.4 Å². The topological polar surface area (TPSA) is 101 Å². The van der Waals surface area contributed by atoms with E-state index in [1.54, 1.807) is 24.3 Å². The van der Waals surface area contributed by atoms with Crippen LogP contribution in [0.2, 0.25) is 0 Å². The van der Waals surface area contributed by atoms with Gasteiger partial charge in [-0.15, -0.1) is 0 Å². The van der Waals surface area contributed by atoms with Crippen LogP contribution in [0.15, 0.2) is 53.0 Å². The van der Waals surface area contributed by atoms with Crippen molar-refractivity contribution in [1.29, 1.82) is 0 Å². The van der Waals surface area contributed by atoms with Crippen LogP contribution in [0.5, 0.6) is 0 Å². The van der Waals surface area contributed by atoms with Gasteiger partial charge < -0.3 is 16.4 Å². The van der Waals surface area contributed by atoms with Crippen molar-refractivity contribution in [2.24, 2.45) is 5.73 Å². The molecule has 0 unspecified atom stereocenters.